The summed E-state index contributed by atoms with van der Waals surface area (Å²) in [7, 11) is 0. The van der Waals surface area contributed by atoms with Crippen molar-refractivity contribution >= 4 is 22.9 Å². The normalized spacial score (nSPS) is 14.6. The maximum Gasteiger partial charge on any atom is 0.257 e. The summed E-state index contributed by atoms with van der Waals surface area (Å²) in [6.45, 7) is 6.69. The summed E-state index contributed by atoms with van der Waals surface area (Å²) in [5, 5.41) is 2.13. The van der Waals surface area contributed by atoms with Crippen molar-refractivity contribution in [1.29, 1.82) is 0 Å². The number of para-hydroxylation sites is 1. The molecule has 0 atom stereocenters. The van der Waals surface area contributed by atoms with Crippen LogP contribution < -0.4 is 4.74 Å². The van der Waals surface area contributed by atoms with Crippen molar-refractivity contribution in [3.05, 3.63) is 88.0 Å². The van der Waals surface area contributed by atoms with E-state index in [-0.39, 0.29) is 5.91 Å². The highest BCUT2D eigenvalue weighted by atomic mass is 32.1. The first kappa shape index (κ1) is 21.7. The van der Waals surface area contributed by atoms with Gasteiger partial charge in [-0.05, 0) is 48.6 Å². The van der Waals surface area contributed by atoms with Crippen LogP contribution in [0, 0.1) is 6.92 Å². The number of ether oxygens (including phenoxy) is 1. The number of pyridine rings is 1. The molecule has 1 aliphatic heterocycles. The minimum Gasteiger partial charge on any atom is -0.486 e. The number of nitrogens with zero attached hydrogens (tertiary/aromatic N) is 4. The maximum absolute atomic E-state index is 13.3. The van der Waals surface area contributed by atoms with Crippen LogP contribution in [0.2, 0.25) is 0 Å². The zero-order chi connectivity index (χ0) is 22.6. The molecular formula is C26H28N4O2S. The fraction of sp³-hybridized carbons (Fsp3) is 0.308. The van der Waals surface area contributed by atoms with Gasteiger partial charge in [0.1, 0.15) is 18.0 Å². The van der Waals surface area contributed by atoms with Gasteiger partial charge in [0, 0.05) is 50.0 Å². The molecule has 0 aliphatic carbocycles. The fourth-order valence-corrected chi connectivity index (χ4v) is 4.96. The number of imidazole rings is 1. The first-order chi connectivity index (χ1) is 16.2. The Kier molecular flexibility index (Phi) is 6.41. The van der Waals surface area contributed by atoms with E-state index in [1.807, 2.05) is 76.4 Å². The molecular weight excluding hydrogens is 432 g/mol. The summed E-state index contributed by atoms with van der Waals surface area (Å²) in [5.41, 5.74) is 3.50. The van der Waals surface area contributed by atoms with Crippen LogP contribution >= 0.6 is 11.3 Å². The van der Waals surface area contributed by atoms with E-state index in [1.54, 1.807) is 0 Å². The number of rotatable bonds is 7. The molecule has 4 aromatic rings. The Labute approximate surface area is 198 Å². The van der Waals surface area contributed by atoms with Crippen molar-refractivity contribution in [3.63, 3.8) is 0 Å². The molecule has 170 valence electrons. The third kappa shape index (κ3) is 4.94. The Bertz CT molecular complexity index is 1230. The number of amides is 1. The highest BCUT2D eigenvalue weighted by Crippen LogP contribution is 2.22. The first-order valence-electron chi connectivity index (χ1n) is 11.4. The highest BCUT2D eigenvalue weighted by Gasteiger charge is 2.24. The van der Waals surface area contributed by atoms with Crippen molar-refractivity contribution in [2.75, 3.05) is 32.7 Å². The second-order valence-corrected chi connectivity index (χ2v) is 9.43. The van der Waals surface area contributed by atoms with Crippen molar-refractivity contribution in [2.45, 2.75) is 20.0 Å². The van der Waals surface area contributed by atoms with E-state index in [0.717, 1.165) is 56.0 Å². The minimum absolute atomic E-state index is 0.0364. The quantitative estimate of drug-likeness (QED) is 0.413. The second-order valence-electron chi connectivity index (χ2n) is 8.40. The molecule has 0 bridgehead atoms. The lowest BCUT2D eigenvalue weighted by Gasteiger charge is -2.35. The number of benzene rings is 1. The van der Waals surface area contributed by atoms with E-state index < -0.39 is 0 Å². The Morgan fingerprint density at radius 3 is 2.70 bits per heavy atom. The number of aromatic nitrogens is 2. The maximum atomic E-state index is 13.3. The van der Waals surface area contributed by atoms with Crippen molar-refractivity contribution in [3.8, 4) is 5.75 Å². The molecule has 4 heterocycles. The van der Waals surface area contributed by atoms with Gasteiger partial charge in [-0.15, -0.1) is 11.3 Å². The van der Waals surface area contributed by atoms with Gasteiger partial charge in [-0.3, -0.25) is 9.69 Å². The molecule has 0 N–H and O–H groups in total. The van der Waals surface area contributed by atoms with Gasteiger partial charge >= 0.3 is 0 Å². The molecule has 3 aromatic heterocycles. The average Bonchev–Trinajstić information content (AvgIpc) is 3.52. The monoisotopic (exact) mass is 460 g/mol. The number of thiophene rings is 1. The number of hydrogen-bond acceptors (Lipinski definition) is 5. The van der Waals surface area contributed by atoms with E-state index in [4.69, 9.17) is 4.74 Å². The molecule has 0 saturated carbocycles. The number of piperazine rings is 1. The van der Waals surface area contributed by atoms with Crippen LogP contribution in [-0.2, 0) is 13.0 Å². The summed E-state index contributed by atoms with van der Waals surface area (Å²) in [6, 6.07) is 15.9. The Balaban J connectivity index is 1.20. The van der Waals surface area contributed by atoms with Gasteiger partial charge in [0.2, 0.25) is 0 Å². The molecule has 1 fully saturated rings. The van der Waals surface area contributed by atoms with E-state index in [0.29, 0.717) is 17.9 Å². The fourth-order valence-electron chi connectivity index (χ4n) is 4.26. The lowest BCUT2D eigenvalue weighted by Crippen LogP contribution is -2.49. The smallest absolute Gasteiger partial charge is 0.257 e. The third-order valence-corrected chi connectivity index (χ3v) is 7.07. The number of hydrogen-bond donors (Lipinski definition) is 0. The molecule has 1 aliphatic rings. The second kappa shape index (κ2) is 9.77. The number of carbonyl (C=O) groups excluding carboxylic acids is 1. The predicted octanol–water partition coefficient (Wildman–Crippen LogP) is 4.28. The van der Waals surface area contributed by atoms with Crippen molar-refractivity contribution in [2.24, 2.45) is 0 Å². The Hall–Kier alpha value is -3.16. The molecule has 7 heteroatoms. The van der Waals surface area contributed by atoms with Crippen molar-refractivity contribution in [1.82, 2.24) is 19.2 Å². The van der Waals surface area contributed by atoms with Crippen LogP contribution in [0.5, 0.6) is 5.75 Å². The van der Waals surface area contributed by atoms with Gasteiger partial charge < -0.3 is 14.0 Å². The summed E-state index contributed by atoms with van der Waals surface area (Å²) >= 11 is 1.81. The van der Waals surface area contributed by atoms with Gasteiger partial charge in [0.15, 0.2) is 0 Å². The summed E-state index contributed by atoms with van der Waals surface area (Å²) < 4.78 is 8.08. The van der Waals surface area contributed by atoms with E-state index in [1.165, 1.54) is 4.88 Å². The SMILES string of the molecule is Cc1cccn2cc(COc3ccccc3C(=O)N3CCN(CCc4cccs4)CC3)nc12. The highest BCUT2D eigenvalue weighted by molar-refractivity contribution is 7.09. The van der Waals surface area contributed by atoms with Crippen LogP contribution in [0.15, 0.2) is 66.3 Å². The van der Waals surface area contributed by atoms with Gasteiger partial charge in [0.25, 0.3) is 5.91 Å². The molecule has 1 aromatic carbocycles. The van der Waals surface area contributed by atoms with Gasteiger partial charge in [-0.1, -0.05) is 24.3 Å². The summed E-state index contributed by atoms with van der Waals surface area (Å²) in [4.78, 5) is 23.8. The molecule has 0 spiro atoms. The molecule has 0 unspecified atom stereocenters. The van der Waals surface area contributed by atoms with Crippen LogP contribution in [0.1, 0.15) is 26.5 Å². The van der Waals surface area contributed by atoms with Crippen molar-refractivity contribution < 1.29 is 9.53 Å². The lowest BCUT2D eigenvalue weighted by atomic mass is 10.1. The van der Waals surface area contributed by atoms with E-state index in [2.05, 4.69) is 27.4 Å². The van der Waals surface area contributed by atoms with Gasteiger partial charge in [0.05, 0.1) is 11.3 Å². The topological polar surface area (TPSA) is 50.1 Å². The predicted molar refractivity (Wildman–Crippen MR) is 131 cm³/mol. The number of fused-ring (bicyclic) bond motifs is 1. The van der Waals surface area contributed by atoms with Gasteiger partial charge in [-0.25, -0.2) is 4.98 Å². The molecule has 0 radical (unpaired) electrons. The first-order valence-corrected chi connectivity index (χ1v) is 12.2. The van der Waals surface area contributed by atoms with Crippen LogP contribution in [-0.4, -0.2) is 57.8 Å². The van der Waals surface area contributed by atoms with Crippen LogP contribution in [0.25, 0.3) is 5.65 Å². The summed E-state index contributed by atoms with van der Waals surface area (Å²) in [5.74, 6) is 0.644. The zero-order valence-corrected chi connectivity index (χ0v) is 19.6. The zero-order valence-electron chi connectivity index (χ0n) is 18.8. The molecule has 5 rings (SSSR count). The standard InChI is InChI=1S/C26H28N4O2S/c1-20-6-4-11-30-18-21(27-25(20)30)19-32-24-9-3-2-8-23(24)26(31)29-15-13-28(14-16-29)12-10-22-7-5-17-33-22/h2-9,11,17-18H,10,12-16,19H2,1H3. The largest absolute Gasteiger partial charge is 0.486 e. The Morgan fingerprint density at radius 2 is 1.91 bits per heavy atom. The summed E-state index contributed by atoms with van der Waals surface area (Å²) in [6.07, 6.45) is 5.03. The number of carbonyl (C=O) groups is 1. The molecule has 6 nitrogen and oxygen atoms in total. The van der Waals surface area contributed by atoms with Gasteiger partial charge in [-0.2, -0.15) is 0 Å². The van der Waals surface area contributed by atoms with Crippen LogP contribution in [0.4, 0.5) is 0 Å². The number of aryl methyl sites for hydroxylation is 1. The van der Waals surface area contributed by atoms with E-state index >= 15 is 0 Å². The molecule has 33 heavy (non-hydrogen) atoms. The molecule has 1 amide bonds. The van der Waals surface area contributed by atoms with Crippen LogP contribution in [0.3, 0.4) is 0 Å². The average molecular weight is 461 g/mol. The molecule has 1 saturated heterocycles. The third-order valence-electron chi connectivity index (χ3n) is 6.13. The lowest BCUT2D eigenvalue weighted by molar-refractivity contribution is 0.0634. The Morgan fingerprint density at radius 1 is 1.06 bits per heavy atom. The minimum atomic E-state index is 0.0364. The van der Waals surface area contributed by atoms with E-state index in [9.17, 15) is 4.79 Å².